The van der Waals surface area contributed by atoms with E-state index in [1.54, 1.807) is 0 Å². The van der Waals surface area contributed by atoms with Crippen molar-refractivity contribution in [2.24, 2.45) is 0 Å². The lowest BCUT2D eigenvalue weighted by atomic mass is 9.74. The molecule has 0 aromatic carbocycles. The van der Waals surface area contributed by atoms with Crippen molar-refractivity contribution in [1.82, 2.24) is 4.57 Å². The van der Waals surface area contributed by atoms with Crippen LogP contribution < -0.4 is 0 Å². The fourth-order valence-electron chi connectivity index (χ4n) is 4.16. The molecule has 124 valence electrons. The molecule has 3 rings (SSSR count). The number of rotatable bonds is 1. The first-order valence-corrected chi connectivity index (χ1v) is 8.42. The molecule has 0 bridgehead atoms. The molecule has 4 heteroatoms. The lowest BCUT2D eigenvalue weighted by Crippen LogP contribution is -2.47. The first-order valence-electron chi connectivity index (χ1n) is 8.42. The molecule has 1 aromatic rings. The van der Waals surface area contributed by atoms with Crippen LogP contribution in [0.25, 0.3) is 0 Å². The Hall–Kier alpha value is -1.84. The minimum Gasteiger partial charge on any atom is -0.509 e. The predicted molar refractivity (Wildman–Crippen MR) is 88.9 cm³/mol. The van der Waals surface area contributed by atoms with Crippen LogP contribution >= 0.6 is 0 Å². The molecule has 0 radical (unpaired) electrons. The maximum absolute atomic E-state index is 12.8. The van der Waals surface area contributed by atoms with E-state index >= 15 is 0 Å². The summed E-state index contributed by atoms with van der Waals surface area (Å²) in [5, 5.41) is 11.0. The van der Waals surface area contributed by atoms with E-state index in [9.17, 15) is 14.7 Å². The number of hydrogen-bond donors (Lipinski definition) is 1. The maximum Gasteiger partial charge on any atom is 0.216 e. The van der Waals surface area contributed by atoms with Crippen molar-refractivity contribution in [3.63, 3.8) is 0 Å². The normalized spacial score (nSPS) is 20.8. The number of carbonyl (C=O) groups is 2. The van der Waals surface area contributed by atoms with Crippen molar-refractivity contribution in [3.8, 4) is 0 Å². The van der Waals surface area contributed by atoms with Crippen molar-refractivity contribution in [1.29, 1.82) is 0 Å². The van der Waals surface area contributed by atoms with E-state index in [-0.39, 0.29) is 28.3 Å². The summed E-state index contributed by atoms with van der Waals surface area (Å²) >= 11 is 0. The van der Waals surface area contributed by atoms with E-state index in [0.29, 0.717) is 5.69 Å². The number of carbonyl (C=O) groups excluding carboxylic acids is 2. The van der Waals surface area contributed by atoms with Crippen LogP contribution in [-0.2, 0) is 15.7 Å². The number of ketones is 2. The van der Waals surface area contributed by atoms with Gasteiger partial charge in [0.25, 0.3) is 0 Å². The summed E-state index contributed by atoms with van der Waals surface area (Å²) in [6.45, 7) is 7.69. The van der Waals surface area contributed by atoms with Gasteiger partial charge in [0, 0.05) is 11.1 Å². The number of aliphatic hydroxyl groups excluding tert-OH is 1. The van der Waals surface area contributed by atoms with Gasteiger partial charge < -0.3 is 9.67 Å². The molecule has 0 saturated heterocycles. The molecule has 1 aromatic heterocycles. The Labute approximate surface area is 137 Å². The summed E-state index contributed by atoms with van der Waals surface area (Å²) in [6, 6.07) is 3.79. The lowest BCUT2D eigenvalue weighted by Gasteiger charge is -2.45. The predicted octanol–water partition coefficient (Wildman–Crippen LogP) is 4.04. The standard InChI is InChI=1S/C19H25NO3/c1-12(21)15-16(22)13-8-9-14(18(2,3)4)20(13)19(17(15)23)10-6-5-7-11-19/h8-9,23H,5-7,10-11H2,1-4H3. The van der Waals surface area contributed by atoms with Gasteiger partial charge in [0.15, 0.2) is 5.78 Å². The Kier molecular flexibility index (Phi) is 3.54. The van der Waals surface area contributed by atoms with Crippen molar-refractivity contribution < 1.29 is 14.7 Å². The zero-order chi connectivity index (χ0) is 17.0. The summed E-state index contributed by atoms with van der Waals surface area (Å²) < 4.78 is 2.04. The van der Waals surface area contributed by atoms with Crippen LogP contribution in [0.5, 0.6) is 0 Å². The summed E-state index contributed by atoms with van der Waals surface area (Å²) in [5.74, 6) is -0.701. The number of allylic oxidation sites excluding steroid dienone is 2. The van der Waals surface area contributed by atoms with Gasteiger partial charge in [-0.15, -0.1) is 0 Å². The summed E-state index contributed by atoms with van der Waals surface area (Å²) in [7, 11) is 0. The van der Waals surface area contributed by atoms with Crippen LogP contribution in [0.15, 0.2) is 23.5 Å². The van der Waals surface area contributed by atoms with Crippen molar-refractivity contribution in [2.45, 2.75) is 70.8 Å². The highest BCUT2D eigenvalue weighted by Crippen LogP contribution is 2.47. The summed E-state index contributed by atoms with van der Waals surface area (Å²) in [6.07, 6.45) is 4.65. The molecule has 2 aliphatic rings. The molecular formula is C19H25NO3. The van der Waals surface area contributed by atoms with E-state index in [4.69, 9.17) is 0 Å². The average molecular weight is 315 g/mol. The third-order valence-corrected chi connectivity index (χ3v) is 5.25. The molecule has 23 heavy (non-hydrogen) atoms. The molecule has 1 aliphatic carbocycles. The van der Waals surface area contributed by atoms with Gasteiger partial charge in [0.1, 0.15) is 16.9 Å². The van der Waals surface area contributed by atoms with Crippen molar-refractivity contribution in [2.75, 3.05) is 0 Å². The largest absolute Gasteiger partial charge is 0.509 e. The van der Waals surface area contributed by atoms with Crippen LogP contribution in [0.3, 0.4) is 0 Å². The maximum atomic E-state index is 12.8. The third-order valence-electron chi connectivity index (χ3n) is 5.25. The molecule has 4 nitrogen and oxygen atoms in total. The van der Waals surface area contributed by atoms with Crippen molar-refractivity contribution >= 4 is 11.6 Å². The fraction of sp³-hybridized carbons (Fsp3) is 0.579. The van der Waals surface area contributed by atoms with Gasteiger partial charge in [0.2, 0.25) is 5.78 Å². The van der Waals surface area contributed by atoms with Gasteiger partial charge in [-0.3, -0.25) is 9.59 Å². The number of Topliss-reactive ketones (excluding diaryl/α,β-unsaturated/α-hetero) is 2. The molecule has 0 unspecified atom stereocenters. The van der Waals surface area contributed by atoms with Gasteiger partial charge in [-0.2, -0.15) is 0 Å². The number of nitrogens with zero attached hydrogens (tertiary/aromatic N) is 1. The molecule has 0 atom stereocenters. The number of hydrogen-bond acceptors (Lipinski definition) is 3. The molecule has 0 amide bonds. The van der Waals surface area contributed by atoms with E-state index in [0.717, 1.165) is 37.8 Å². The second-order valence-corrected chi connectivity index (χ2v) is 7.89. The molecular weight excluding hydrogens is 290 g/mol. The Morgan fingerprint density at radius 2 is 1.78 bits per heavy atom. The van der Waals surface area contributed by atoms with Crippen LogP contribution in [0.2, 0.25) is 0 Å². The first kappa shape index (κ1) is 16.0. The van der Waals surface area contributed by atoms with E-state index < -0.39 is 5.54 Å². The highest BCUT2D eigenvalue weighted by atomic mass is 16.3. The van der Waals surface area contributed by atoms with Crippen LogP contribution in [0.1, 0.15) is 76.0 Å². The number of fused-ring (bicyclic) bond motifs is 2. The van der Waals surface area contributed by atoms with Gasteiger partial charge in [0.05, 0.1) is 5.69 Å². The second kappa shape index (κ2) is 5.08. The highest BCUT2D eigenvalue weighted by molar-refractivity contribution is 6.26. The van der Waals surface area contributed by atoms with Gasteiger partial charge in [-0.1, -0.05) is 40.0 Å². The van der Waals surface area contributed by atoms with E-state index in [1.807, 2.05) is 16.7 Å². The zero-order valence-corrected chi connectivity index (χ0v) is 14.4. The SMILES string of the molecule is CC(=O)C1=C(O)C2(CCCCC2)n2c(ccc2C(C)(C)C)C1=O. The monoisotopic (exact) mass is 315 g/mol. The summed E-state index contributed by atoms with van der Waals surface area (Å²) in [4.78, 5) is 24.8. The lowest BCUT2D eigenvalue weighted by molar-refractivity contribution is -0.113. The Bertz CT molecular complexity index is 709. The molecule has 1 fully saturated rings. The van der Waals surface area contributed by atoms with E-state index in [2.05, 4.69) is 20.8 Å². The number of aliphatic hydroxyl groups is 1. The quantitative estimate of drug-likeness (QED) is 0.796. The Balaban J connectivity index is 2.33. The second-order valence-electron chi connectivity index (χ2n) is 7.89. The highest BCUT2D eigenvalue weighted by Gasteiger charge is 2.49. The minimum absolute atomic E-state index is 0.0103. The summed E-state index contributed by atoms with van der Waals surface area (Å²) in [5.41, 5.74) is 0.792. The number of aromatic nitrogens is 1. The molecule has 1 saturated carbocycles. The van der Waals surface area contributed by atoms with Gasteiger partial charge in [-0.05, 0) is 31.9 Å². The minimum atomic E-state index is -0.630. The van der Waals surface area contributed by atoms with Crippen molar-refractivity contribution in [3.05, 3.63) is 34.9 Å². The first-order chi connectivity index (χ1) is 10.7. The van der Waals surface area contributed by atoms with Gasteiger partial charge in [-0.25, -0.2) is 0 Å². The van der Waals surface area contributed by atoms with Crippen LogP contribution in [-0.4, -0.2) is 21.2 Å². The smallest absolute Gasteiger partial charge is 0.216 e. The molecule has 1 N–H and O–H groups in total. The molecule has 1 aliphatic heterocycles. The Morgan fingerprint density at radius 1 is 1.17 bits per heavy atom. The fourth-order valence-corrected chi connectivity index (χ4v) is 4.16. The average Bonchev–Trinajstić information content (AvgIpc) is 2.92. The van der Waals surface area contributed by atoms with Gasteiger partial charge >= 0.3 is 0 Å². The van der Waals surface area contributed by atoms with E-state index in [1.165, 1.54) is 6.92 Å². The molecule has 1 spiro atoms. The zero-order valence-electron chi connectivity index (χ0n) is 14.4. The molecule has 2 heterocycles. The van der Waals surface area contributed by atoms with Crippen LogP contribution in [0, 0.1) is 0 Å². The Morgan fingerprint density at radius 3 is 2.30 bits per heavy atom. The topological polar surface area (TPSA) is 59.3 Å². The third kappa shape index (κ3) is 2.19. The van der Waals surface area contributed by atoms with Crippen LogP contribution in [0.4, 0.5) is 0 Å².